The molecule has 4 heterocycles. The molecule has 6 heteroatoms. The first-order valence-corrected chi connectivity index (χ1v) is 17.2. The van der Waals surface area contributed by atoms with Gasteiger partial charge in [0.25, 0.3) is 0 Å². The Morgan fingerprint density at radius 1 is 0.451 bits per heavy atom. The molecule has 0 saturated heterocycles. The van der Waals surface area contributed by atoms with E-state index >= 15 is 0 Å². The van der Waals surface area contributed by atoms with Crippen molar-refractivity contribution in [1.82, 2.24) is 15.0 Å². The Kier molecular flexibility index (Phi) is 5.98. The fourth-order valence-corrected chi connectivity index (χ4v) is 7.69. The molecule has 1 aliphatic rings. The fourth-order valence-electron chi connectivity index (χ4n) is 7.69. The molecule has 0 radical (unpaired) electrons. The molecule has 6 nitrogen and oxygen atoms in total. The molecule has 0 amide bonds. The van der Waals surface area contributed by atoms with Crippen molar-refractivity contribution < 1.29 is 13.3 Å². The number of benzene rings is 6. The van der Waals surface area contributed by atoms with E-state index in [1.807, 2.05) is 91.0 Å². The molecule has 11 rings (SSSR count). The van der Waals surface area contributed by atoms with Crippen molar-refractivity contribution in [3.63, 3.8) is 0 Å². The van der Waals surface area contributed by atoms with Crippen molar-refractivity contribution in [3.05, 3.63) is 150 Å². The lowest BCUT2D eigenvalue weighted by Crippen LogP contribution is -2.27. The largest absolute Gasteiger partial charge is 0.456 e. The maximum atomic E-state index is 6.47. The number of para-hydroxylation sites is 3. The van der Waals surface area contributed by atoms with E-state index in [0.717, 1.165) is 106 Å². The van der Waals surface area contributed by atoms with Crippen LogP contribution >= 0.6 is 0 Å². The maximum absolute atomic E-state index is 6.47. The number of furan rings is 3. The van der Waals surface area contributed by atoms with Gasteiger partial charge in [0, 0.05) is 54.4 Å². The first-order valence-electron chi connectivity index (χ1n) is 17.2. The molecule has 0 unspecified atom stereocenters. The third-order valence-electron chi connectivity index (χ3n) is 10.0. The maximum Gasteiger partial charge on any atom is 0.164 e. The molecule has 0 bridgehead atoms. The highest BCUT2D eigenvalue weighted by molar-refractivity contribution is 6.17. The first kappa shape index (κ1) is 28.1. The topological polar surface area (TPSA) is 78.1 Å². The lowest BCUT2D eigenvalue weighted by atomic mass is 9.97. The van der Waals surface area contributed by atoms with Crippen LogP contribution in [0.15, 0.2) is 147 Å². The zero-order valence-electron chi connectivity index (χ0n) is 27.3. The number of aromatic nitrogens is 3. The molecule has 0 fully saturated rings. The average Bonchev–Trinajstić information content (AvgIpc) is 3.89. The highest BCUT2D eigenvalue weighted by Crippen LogP contribution is 2.42. The molecule has 240 valence electrons. The van der Waals surface area contributed by atoms with Crippen LogP contribution in [0, 0.1) is 0 Å². The van der Waals surface area contributed by atoms with Crippen molar-refractivity contribution >= 4 is 66.5 Å². The summed E-state index contributed by atoms with van der Waals surface area (Å²) in [5.74, 6) is 1.83. The SMILES string of the molecule is C1=c2c(oc3ccccc23)=C(c2nc(-c3ccccc3)nc(-c3ccc4oc5cccc(-c6cccc7c6oc6ccccc67)c5c4c3)n2)CC1. The summed E-state index contributed by atoms with van der Waals surface area (Å²) in [6.07, 6.45) is 3.90. The average molecular weight is 658 g/mol. The summed E-state index contributed by atoms with van der Waals surface area (Å²) in [5, 5.41) is 6.40. The first-order chi connectivity index (χ1) is 25.3. The van der Waals surface area contributed by atoms with Crippen LogP contribution in [-0.2, 0) is 0 Å². The molecular formula is C45H27N3O3. The van der Waals surface area contributed by atoms with Crippen molar-refractivity contribution in [2.75, 3.05) is 0 Å². The number of hydrogen-bond acceptors (Lipinski definition) is 6. The normalized spacial score (nSPS) is 13.1. The molecule has 0 spiro atoms. The van der Waals surface area contributed by atoms with Crippen molar-refractivity contribution in [3.8, 4) is 33.9 Å². The van der Waals surface area contributed by atoms with E-state index in [2.05, 4.69) is 48.5 Å². The van der Waals surface area contributed by atoms with Gasteiger partial charge < -0.3 is 13.3 Å². The lowest BCUT2D eigenvalue weighted by Gasteiger charge is -2.11. The molecule has 0 N–H and O–H groups in total. The Balaban J connectivity index is 1.15. The molecule has 0 aliphatic heterocycles. The second-order valence-electron chi connectivity index (χ2n) is 13.0. The zero-order valence-corrected chi connectivity index (χ0v) is 27.3. The van der Waals surface area contributed by atoms with Gasteiger partial charge in [0.05, 0.1) is 0 Å². The van der Waals surface area contributed by atoms with Crippen LogP contribution in [0.25, 0.3) is 100 Å². The predicted molar refractivity (Wildman–Crippen MR) is 202 cm³/mol. The summed E-state index contributed by atoms with van der Waals surface area (Å²) in [6.45, 7) is 0. The molecule has 10 aromatic rings. The minimum atomic E-state index is 0.590. The molecule has 0 atom stereocenters. The van der Waals surface area contributed by atoms with Crippen molar-refractivity contribution in [2.45, 2.75) is 12.8 Å². The van der Waals surface area contributed by atoms with Gasteiger partial charge in [-0.05, 0) is 54.8 Å². The predicted octanol–water partition coefficient (Wildman–Crippen LogP) is 10.2. The van der Waals surface area contributed by atoms with E-state index in [4.69, 9.17) is 28.2 Å². The zero-order chi connectivity index (χ0) is 33.5. The highest BCUT2D eigenvalue weighted by atomic mass is 16.3. The third kappa shape index (κ3) is 4.33. The van der Waals surface area contributed by atoms with Crippen LogP contribution in [0.5, 0.6) is 0 Å². The number of fused-ring (bicyclic) bond motifs is 9. The quantitative estimate of drug-likeness (QED) is 0.187. The Bertz CT molecular complexity index is 3150. The van der Waals surface area contributed by atoms with Crippen LogP contribution in [0.3, 0.4) is 0 Å². The summed E-state index contributed by atoms with van der Waals surface area (Å²) < 4.78 is 19.4. The van der Waals surface area contributed by atoms with Crippen LogP contribution < -0.4 is 10.6 Å². The van der Waals surface area contributed by atoms with Gasteiger partial charge in [-0.25, -0.2) is 15.0 Å². The van der Waals surface area contributed by atoms with Gasteiger partial charge in [-0.15, -0.1) is 0 Å². The van der Waals surface area contributed by atoms with Gasteiger partial charge in [0.15, 0.2) is 17.5 Å². The van der Waals surface area contributed by atoms with Gasteiger partial charge in [-0.3, -0.25) is 0 Å². The van der Waals surface area contributed by atoms with Crippen LogP contribution in [0.2, 0.25) is 0 Å². The Morgan fingerprint density at radius 2 is 1.12 bits per heavy atom. The van der Waals surface area contributed by atoms with E-state index in [0.29, 0.717) is 17.5 Å². The second-order valence-corrected chi connectivity index (χ2v) is 13.0. The van der Waals surface area contributed by atoms with Crippen LogP contribution in [-0.4, -0.2) is 15.0 Å². The van der Waals surface area contributed by atoms with E-state index in [1.165, 1.54) is 0 Å². The van der Waals surface area contributed by atoms with Crippen molar-refractivity contribution in [2.24, 2.45) is 0 Å². The van der Waals surface area contributed by atoms with Gasteiger partial charge in [0.1, 0.15) is 33.3 Å². The van der Waals surface area contributed by atoms with Gasteiger partial charge in [-0.1, -0.05) is 103 Å². The summed E-state index contributed by atoms with van der Waals surface area (Å²) >= 11 is 0. The van der Waals surface area contributed by atoms with Gasteiger partial charge >= 0.3 is 0 Å². The van der Waals surface area contributed by atoms with Crippen molar-refractivity contribution in [1.29, 1.82) is 0 Å². The smallest absolute Gasteiger partial charge is 0.164 e. The Morgan fingerprint density at radius 3 is 2.00 bits per heavy atom. The highest BCUT2D eigenvalue weighted by Gasteiger charge is 2.21. The monoisotopic (exact) mass is 657 g/mol. The standard InChI is InChI=1S/C45H27N3O3/c1-2-11-26(12-3-1)43-46-44(48-45(47-43)34-19-9-17-32-29-14-5-7-21-37(29)51-42(32)34)27-23-24-38-35(25-27)40-30(15-10-22-39(40)49-38)33-18-8-16-31-28-13-4-6-20-36(28)50-41(31)33/h1-8,10-18,20-25H,9,19H2. The summed E-state index contributed by atoms with van der Waals surface area (Å²) in [7, 11) is 0. The molecular weight excluding hydrogens is 631 g/mol. The lowest BCUT2D eigenvalue weighted by molar-refractivity contribution is 0.567. The number of nitrogens with zero attached hydrogens (tertiary/aromatic N) is 3. The molecule has 4 aromatic heterocycles. The summed E-state index contributed by atoms with van der Waals surface area (Å²) in [5.41, 5.74) is 9.86. The molecule has 51 heavy (non-hydrogen) atoms. The van der Waals surface area contributed by atoms with Crippen LogP contribution in [0.4, 0.5) is 0 Å². The fraction of sp³-hybridized carbons (Fsp3) is 0.0444. The number of rotatable bonds is 4. The minimum absolute atomic E-state index is 0.590. The second kappa shape index (κ2) is 10.9. The van der Waals surface area contributed by atoms with E-state index in [9.17, 15) is 0 Å². The Labute approximate surface area is 290 Å². The van der Waals surface area contributed by atoms with Crippen LogP contribution in [0.1, 0.15) is 18.7 Å². The molecule has 6 aromatic carbocycles. The third-order valence-corrected chi connectivity index (χ3v) is 10.0. The van der Waals surface area contributed by atoms with E-state index in [1.54, 1.807) is 0 Å². The van der Waals surface area contributed by atoms with E-state index < -0.39 is 0 Å². The Hall–Kier alpha value is -6.79. The van der Waals surface area contributed by atoms with Gasteiger partial charge in [0.2, 0.25) is 0 Å². The molecule has 0 saturated carbocycles. The number of hydrogen-bond donors (Lipinski definition) is 0. The summed E-state index contributed by atoms with van der Waals surface area (Å²) in [6, 6.07) is 45.2. The van der Waals surface area contributed by atoms with E-state index in [-0.39, 0.29) is 0 Å². The van der Waals surface area contributed by atoms with Gasteiger partial charge in [-0.2, -0.15) is 0 Å². The molecule has 1 aliphatic carbocycles. The minimum Gasteiger partial charge on any atom is -0.456 e. The summed E-state index contributed by atoms with van der Waals surface area (Å²) in [4.78, 5) is 15.3.